The molecule has 0 aromatic heterocycles. The van der Waals surface area contributed by atoms with E-state index in [4.69, 9.17) is 0 Å². The third-order valence-electron chi connectivity index (χ3n) is 5.40. The molecule has 3 atom stereocenters. The molecule has 0 unspecified atom stereocenters. The largest absolute Gasteiger partial charge is 0.395 e. The maximum atomic E-state index is 13.2. The van der Waals surface area contributed by atoms with Gasteiger partial charge >= 0.3 is 0 Å². The summed E-state index contributed by atoms with van der Waals surface area (Å²) >= 11 is 0. The number of rotatable bonds is 5. The molecular formula is C23H20N2O3S. The van der Waals surface area contributed by atoms with E-state index >= 15 is 0 Å². The highest BCUT2D eigenvalue weighted by molar-refractivity contribution is 7.89. The third-order valence-corrected chi connectivity index (χ3v) is 7.32. The van der Waals surface area contributed by atoms with Gasteiger partial charge in [0.2, 0.25) is 10.0 Å². The number of sulfonamides is 1. The van der Waals surface area contributed by atoms with Crippen LogP contribution < -0.4 is 0 Å². The first kappa shape index (κ1) is 19.3. The van der Waals surface area contributed by atoms with Gasteiger partial charge < -0.3 is 5.11 Å². The Balaban J connectivity index is 1.65. The average molecular weight is 404 g/mol. The maximum absolute atomic E-state index is 13.2. The summed E-state index contributed by atoms with van der Waals surface area (Å²) in [6.07, 6.45) is 0. The maximum Gasteiger partial charge on any atom is 0.244 e. The van der Waals surface area contributed by atoms with E-state index in [9.17, 15) is 18.8 Å². The Morgan fingerprint density at radius 2 is 1.41 bits per heavy atom. The quantitative estimate of drug-likeness (QED) is 0.707. The van der Waals surface area contributed by atoms with Gasteiger partial charge in [0.05, 0.1) is 23.6 Å². The number of nitrogens with zero attached hydrogens (tertiary/aromatic N) is 2. The monoisotopic (exact) mass is 404 g/mol. The second kappa shape index (κ2) is 7.80. The number of aliphatic hydroxyl groups excluding tert-OH is 1. The lowest BCUT2D eigenvalue weighted by Gasteiger charge is -2.50. The van der Waals surface area contributed by atoms with Crippen LogP contribution in [0.5, 0.6) is 0 Å². The van der Waals surface area contributed by atoms with Crippen molar-refractivity contribution in [3.8, 4) is 17.2 Å². The van der Waals surface area contributed by atoms with E-state index in [0.717, 1.165) is 21.0 Å². The Bertz CT molecular complexity index is 1120. The van der Waals surface area contributed by atoms with E-state index in [2.05, 4.69) is 6.07 Å². The molecule has 3 aromatic carbocycles. The van der Waals surface area contributed by atoms with Gasteiger partial charge in [-0.3, -0.25) is 0 Å². The highest BCUT2D eigenvalue weighted by Crippen LogP contribution is 2.43. The molecule has 0 bridgehead atoms. The van der Waals surface area contributed by atoms with E-state index in [0.29, 0.717) is 0 Å². The lowest BCUT2D eigenvalue weighted by molar-refractivity contribution is 0.0557. The average Bonchev–Trinajstić information content (AvgIpc) is 2.75. The fourth-order valence-corrected chi connectivity index (χ4v) is 5.70. The molecule has 0 radical (unpaired) electrons. The molecule has 4 rings (SSSR count). The second-order valence-electron chi connectivity index (χ2n) is 6.99. The van der Waals surface area contributed by atoms with E-state index < -0.39 is 22.1 Å². The van der Waals surface area contributed by atoms with Crippen LogP contribution in [0.1, 0.15) is 11.5 Å². The van der Waals surface area contributed by atoms with E-state index in [1.54, 1.807) is 24.3 Å². The molecule has 1 saturated heterocycles. The van der Waals surface area contributed by atoms with Gasteiger partial charge in [-0.2, -0.15) is 9.57 Å². The molecule has 29 heavy (non-hydrogen) atoms. The number of hydrogen-bond acceptors (Lipinski definition) is 4. The van der Waals surface area contributed by atoms with Crippen LogP contribution in [0.2, 0.25) is 0 Å². The Morgan fingerprint density at radius 3 is 1.97 bits per heavy atom. The molecular weight excluding hydrogens is 384 g/mol. The third kappa shape index (κ3) is 3.34. The van der Waals surface area contributed by atoms with Gasteiger partial charge in [-0.1, -0.05) is 72.8 Å². The zero-order valence-corrected chi connectivity index (χ0v) is 16.4. The fourth-order valence-electron chi connectivity index (χ4n) is 3.94. The molecule has 1 N–H and O–H groups in total. The van der Waals surface area contributed by atoms with Crippen LogP contribution in [0.4, 0.5) is 0 Å². The number of aliphatic hydroxyl groups is 1. The van der Waals surface area contributed by atoms with Crippen LogP contribution in [0.3, 0.4) is 0 Å². The van der Waals surface area contributed by atoms with Crippen LogP contribution in [0, 0.1) is 11.3 Å². The normalized spacial score (nSPS) is 21.9. The minimum atomic E-state index is -3.91. The summed E-state index contributed by atoms with van der Waals surface area (Å²) in [5, 5.41) is 19.6. The van der Waals surface area contributed by atoms with Crippen molar-refractivity contribution in [2.24, 2.45) is 0 Å². The Kier molecular flexibility index (Phi) is 5.20. The van der Waals surface area contributed by atoms with Crippen molar-refractivity contribution in [1.82, 2.24) is 4.31 Å². The summed E-state index contributed by atoms with van der Waals surface area (Å²) in [4.78, 5) is 0.113. The molecule has 6 heteroatoms. The molecule has 0 saturated carbocycles. The number of benzene rings is 3. The SMILES string of the molecule is N#C[C@H]1[C@H](c2ccccc2)[C@H](CO)N1S(=O)(=O)c1ccc(-c2ccccc2)cc1. The summed E-state index contributed by atoms with van der Waals surface area (Å²) in [6.45, 7) is -0.348. The van der Waals surface area contributed by atoms with Gasteiger partial charge in [0, 0.05) is 5.92 Å². The first-order valence-electron chi connectivity index (χ1n) is 9.32. The first-order valence-corrected chi connectivity index (χ1v) is 10.8. The second-order valence-corrected chi connectivity index (χ2v) is 8.83. The highest BCUT2D eigenvalue weighted by atomic mass is 32.2. The van der Waals surface area contributed by atoms with Crippen molar-refractivity contribution in [3.63, 3.8) is 0 Å². The Labute approximate surface area is 170 Å². The summed E-state index contributed by atoms with van der Waals surface area (Å²) in [5.74, 6) is -0.357. The van der Waals surface area contributed by atoms with Crippen LogP contribution in [-0.2, 0) is 10.0 Å². The van der Waals surface area contributed by atoms with Gasteiger partial charge in [-0.25, -0.2) is 8.42 Å². The summed E-state index contributed by atoms with van der Waals surface area (Å²) < 4.78 is 27.6. The van der Waals surface area contributed by atoms with Gasteiger partial charge in [0.15, 0.2) is 0 Å². The Hall–Kier alpha value is -2.98. The van der Waals surface area contributed by atoms with E-state index in [1.165, 1.54) is 0 Å². The molecule has 5 nitrogen and oxygen atoms in total. The molecule has 1 heterocycles. The van der Waals surface area contributed by atoms with Crippen molar-refractivity contribution in [2.75, 3.05) is 6.61 Å². The Morgan fingerprint density at radius 1 is 0.862 bits per heavy atom. The van der Waals surface area contributed by atoms with Crippen molar-refractivity contribution in [2.45, 2.75) is 22.9 Å². The lowest BCUT2D eigenvalue weighted by Crippen LogP contribution is -2.64. The summed E-state index contributed by atoms with van der Waals surface area (Å²) in [5.41, 5.74) is 2.75. The number of hydrogen-bond donors (Lipinski definition) is 1. The first-order chi connectivity index (χ1) is 14.1. The molecule has 0 spiro atoms. The topological polar surface area (TPSA) is 81.4 Å². The van der Waals surface area contributed by atoms with Crippen molar-refractivity contribution < 1.29 is 13.5 Å². The minimum Gasteiger partial charge on any atom is -0.395 e. The standard InChI is InChI=1S/C23H20N2O3S/c24-15-21-23(19-9-5-2-6-10-19)22(16-26)25(21)29(27,28)20-13-11-18(12-14-20)17-7-3-1-4-8-17/h1-14,21-23,26H,16H2/t21-,22-,23-/m0/s1. The molecule has 1 fully saturated rings. The van der Waals surface area contributed by atoms with Crippen molar-refractivity contribution in [1.29, 1.82) is 5.26 Å². The van der Waals surface area contributed by atoms with Crippen LogP contribution in [0.25, 0.3) is 11.1 Å². The zero-order valence-electron chi connectivity index (χ0n) is 15.6. The molecule has 0 aliphatic carbocycles. The summed E-state index contributed by atoms with van der Waals surface area (Å²) in [6, 6.07) is 26.2. The predicted molar refractivity (Wildman–Crippen MR) is 110 cm³/mol. The van der Waals surface area contributed by atoms with Gasteiger partial charge in [-0.15, -0.1) is 0 Å². The fraction of sp³-hybridized carbons (Fsp3) is 0.174. The van der Waals surface area contributed by atoms with E-state index in [-0.39, 0.29) is 17.4 Å². The molecule has 1 aliphatic heterocycles. The minimum absolute atomic E-state index is 0.113. The predicted octanol–water partition coefficient (Wildman–Crippen LogP) is 3.39. The van der Waals surface area contributed by atoms with Crippen LogP contribution in [-0.4, -0.2) is 36.5 Å². The van der Waals surface area contributed by atoms with Gasteiger partial charge in [0.1, 0.15) is 6.04 Å². The molecule has 146 valence electrons. The van der Waals surface area contributed by atoms with Gasteiger partial charge in [-0.05, 0) is 28.8 Å². The lowest BCUT2D eigenvalue weighted by atomic mass is 9.78. The summed E-state index contributed by atoms with van der Waals surface area (Å²) in [7, 11) is -3.91. The van der Waals surface area contributed by atoms with Crippen molar-refractivity contribution in [3.05, 3.63) is 90.5 Å². The van der Waals surface area contributed by atoms with Crippen LogP contribution >= 0.6 is 0 Å². The number of nitriles is 1. The zero-order chi connectivity index (χ0) is 20.4. The van der Waals surface area contributed by atoms with Crippen molar-refractivity contribution >= 4 is 10.0 Å². The van der Waals surface area contributed by atoms with Crippen LogP contribution in [0.15, 0.2) is 89.8 Å². The van der Waals surface area contributed by atoms with Gasteiger partial charge in [0.25, 0.3) is 0 Å². The molecule has 0 amide bonds. The van der Waals surface area contributed by atoms with E-state index in [1.807, 2.05) is 60.7 Å². The highest BCUT2D eigenvalue weighted by Gasteiger charge is 2.55. The molecule has 3 aromatic rings. The smallest absolute Gasteiger partial charge is 0.244 e. The molecule has 1 aliphatic rings.